The fourth-order valence-corrected chi connectivity index (χ4v) is 2.26. The molecule has 2 N–H and O–H groups in total. The minimum Gasteiger partial charge on any atom is -0.494 e. The third kappa shape index (κ3) is 1.95. The fraction of sp³-hybridized carbons (Fsp3) is 0.0625. The van der Waals surface area contributed by atoms with E-state index >= 15 is 0 Å². The molecule has 0 radical (unpaired) electrons. The van der Waals surface area contributed by atoms with E-state index in [0.717, 1.165) is 22.0 Å². The molecule has 0 bridgehead atoms. The molecule has 0 aliphatic rings. The van der Waals surface area contributed by atoms with Gasteiger partial charge in [-0.1, -0.05) is 24.3 Å². The van der Waals surface area contributed by atoms with Crippen molar-refractivity contribution in [1.29, 1.82) is 0 Å². The molecule has 2 aromatic carbocycles. The number of halogens is 1. The zero-order chi connectivity index (χ0) is 14.1. The highest BCUT2D eigenvalue weighted by atomic mass is 19.1. The Morgan fingerprint density at radius 1 is 1.15 bits per heavy atom. The lowest BCUT2D eigenvalue weighted by atomic mass is 10.0. The quantitative estimate of drug-likeness (QED) is 0.772. The second kappa shape index (κ2) is 4.81. The van der Waals surface area contributed by atoms with Crippen molar-refractivity contribution in [2.24, 2.45) is 0 Å². The number of rotatable bonds is 2. The average Bonchev–Trinajstić information content (AvgIpc) is 2.47. The summed E-state index contributed by atoms with van der Waals surface area (Å²) in [5.41, 5.74) is 8.95. The highest BCUT2D eigenvalue weighted by Crippen LogP contribution is 2.31. The monoisotopic (exact) mass is 268 g/mol. The van der Waals surface area contributed by atoms with E-state index in [0.29, 0.717) is 5.69 Å². The molecule has 1 aromatic heterocycles. The maximum absolute atomic E-state index is 13.8. The Kier molecular flexibility index (Phi) is 2.99. The summed E-state index contributed by atoms with van der Waals surface area (Å²) < 4.78 is 18.8. The molecule has 3 aromatic rings. The van der Waals surface area contributed by atoms with E-state index in [1.807, 2.05) is 24.3 Å². The zero-order valence-corrected chi connectivity index (χ0v) is 10.9. The lowest BCUT2D eigenvalue weighted by molar-refractivity contribution is 0.386. The second-order valence-corrected chi connectivity index (χ2v) is 4.45. The molecule has 0 fully saturated rings. The number of aromatic nitrogens is 1. The van der Waals surface area contributed by atoms with Gasteiger partial charge in [-0.05, 0) is 23.8 Å². The summed E-state index contributed by atoms with van der Waals surface area (Å²) in [5.74, 6) is -0.174. The van der Waals surface area contributed by atoms with Gasteiger partial charge in [0.25, 0.3) is 0 Å². The van der Waals surface area contributed by atoms with E-state index in [-0.39, 0.29) is 5.75 Å². The predicted octanol–water partition coefficient (Wildman–Crippen LogP) is 3.63. The molecule has 0 amide bonds. The molecule has 0 atom stereocenters. The molecule has 0 saturated heterocycles. The summed E-state index contributed by atoms with van der Waals surface area (Å²) in [6.07, 6.45) is 1.65. The van der Waals surface area contributed by atoms with Gasteiger partial charge in [0.15, 0.2) is 11.6 Å². The van der Waals surface area contributed by atoms with E-state index in [1.54, 1.807) is 18.3 Å². The van der Waals surface area contributed by atoms with Crippen molar-refractivity contribution in [3.63, 3.8) is 0 Å². The first-order chi connectivity index (χ1) is 9.70. The molecule has 0 unspecified atom stereocenters. The minimum absolute atomic E-state index is 0.224. The number of para-hydroxylation sites is 1. The number of hydrogen-bond donors (Lipinski definition) is 1. The molecule has 20 heavy (non-hydrogen) atoms. The first kappa shape index (κ1) is 12.4. The van der Waals surface area contributed by atoms with Crippen LogP contribution < -0.4 is 10.5 Å². The number of methoxy groups -OCH3 is 1. The molecule has 1 heterocycles. The number of nitrogen functional groups attached to an aromatic ring is 1. The number of anilines is 1. The lowest BCUT2D eigenvalue weighted by Crippen LogP contribution is -1.92. The van der Waals surface area contributed by atoms with Crippen molar-refractivity contribution in [1.82, 2.24) is 4.98 Å². The molecular formula is C16H13FN2O. The van der Waals surface area contributed by atoms with Gasteiger partial charge in [0, 0.05) is 22.8 Å². The number of fused-ring (bicyclic) bond motifs is 1. The molecular weight excluding hydrogens is 255 g/mol. The molecule has 0 aliphatic heterocycles. The van der Waals surface area contributed by atoms with E-state index in [4.69, 9.17) is 10.5 Å². The highest BCUT2D eigenvalue weighted by Gasteiger charge is 2.09. The summed E-state index contributed by atoms with van der Waals surface area (Å²) in [7, 11) is 1.44. The van der Waals surface area contributed by atoms with Gasteiger partial charge in [0.1, 0.15) is 0 Å². The maximum atomic E-state index is 13.8. The second-order valence-electron chi connectivity index (χ2n) is 4.45. The van der Waals surface area contributed by atoms with E-state index in [1.165, 1.54) is 13.2 Å². The van der Waals surface area contributed by atoms with Crippen LogP contribution in [0.4, 0.5) is 10.1 Å². The van der Waals surface area contributed by atoms with Crippen LogP contribution in [0.3, 0.4) is 0 Å². The Morgan fingerprint density at radius 2 is 2.00 bits per heavy atom. The Hall–Kier alpha value is -2.62. The van der Waals surface area contributed by atoms with Crippen molar-refractivity contribution in [3.8, 4) is 16.9 Å². The van der Waals surface area contributed by atoms with Crippen LogP contribution >= 0.6 is 0 Å². The van der Waals surface area contributed by atoms with Crippen molar-refractivity contribution in [2.45, 2.75) is 0 Å². The summed E-state index contributed by atoms with van der Waals surface area (Å²) in [6, 6.07) is 12.3. The van der Waals surface area contributed by atoms with Gasteiger partial charge >= 0.3 is 0 Å². The van der Waals surface area contributed by atoms with Crippen molar-refractivity contribution in [2.75, 3.05) is 12.8 Å². The average molecular weight is 268 g/mol. The van der Waals surface area contributed by atoms with Crippen LogP contribution in [-0.2, 0) is 0 Å². The van der Waals surface area contributed by atoms with E-state index in [9.17, 15) is 4.39 Å². The van der Waals surface area contributed by atoms with Crippen LogP contribution in [0.2, 0.25) is 0 Å². The van der Waals surface area contributed by atoms with Crippen LogP contribution in [0.15, 0.2) is 48.7 Å². The van der Waals surface area contributed by atoms with Crippen LogP contribution in [0.5, 0.6) is 5.75 Å². The van der Waals surface area contributed by atoms with Crippen LogP contribution in [0.1, 0.15) is 0 Å². The van der Waals surface area contributed by atoms with Gasteiger partial charge in [0.05, 0.1) is 12.6 Å². The largest absolute Gasteiger partial charge is 0.494 e. The molecule has 3 rings (SSSR count). The van der Waals surface area contributed by atoms with Gasteiger partial charge < -0.3 is 10.5 Å². The van der Waals surface area contributed by atoms with Gasteiger partial charge in [-0.2, -0.15) is 0 Å². The highest BCUT2D eigenvalue weighted by molar-refractivity contribution is 5.99. The van der Waals surface area contributed by atoms with Crippen molar-refractivity contribution < 1.29 is 9.13 Å². The first-order valence-corrected chi connectivity index (χ1v) is 6.18. The molecule has 3 nitrogen and oxygen atoms in total. The summed E-state index contributed by atoms with van der Waals surface area (Å²) >= 11 is 0. The van der Waals surface area contributed by atoms with Gasteiger partial charge in [-0.25, -0.2) is 4.39 Å². The zero-order valence-electron chi connectivity index (χ0n) is 10.9. The smallest absolute Gasteiger partial charge is 0.165 e. The van der Waals surface area contributed by atoms with Crippen LogP contribution in [0.25, 0.3) is 22.0 Å². The summed E-state index contributed by atoms with van der Waals surface area (Å²) in [6.45, 7) is 0. The minimum atomic E-state index is -0.397. The lowest BCUT2D eigenvalue weighted by Gasteiger charge is -2.09. The van der Waals surface area contributed by atoms with Gasteiger partial charge in [0.2, 0.25) is 0 Å². The molecule has 0 spiro atoms. The first-order valence-electron chi connectivity index (χ1n) is 6.18. The van der Waals surface area contributed by atoms with E-state index in [2.05, 4.69) is 4.98 Å². The Labute approximate surface area is 115 Å². The Bertz CT molecular complexity index is 787. The summed E-state index contributed by atoms with van der Waals surface area (Å²) in [4.78, 5) is 4.36. The fourth-order valence-electron chi connectivity index (χ4n) is 2.26. The van der Waals surface area contributed by atoms with E-state index < -0.39 is 5.82 Å². The Balaban J connectivity index is 2.24. The number of benzene rings is 2. The van der Waals surface area contributed by atoms with Crippen molar-refractivity contribution in [3.05, 3.63) is 54.5 Å². The SMILES string of the molecule is COc1ccc(-c2cccc3c(N)ccnc23)cc1F. The summed E-state index contributed by atoms with van der Waals surface area (Å²) in [5, 5.41) is 0.862. The topological polar surface area (TPSA) is 48.1 Å². The van der Waals surface area contributed by atoms with Crippen LogP contribution in [0, 0.1) is 5.82 Å². The van der Waals surface area contributed by atoms with Gasteiger partial charge in [-0.3, -0.25) is 4.98 Å². The third-order valence-corrected chi connectivity index (χ3v) is 3.27. The standard InChI is InChI=1S/C16H13FN2O/c1-20-15-6-5-10(9-13(15)17)11-3-2-4-12-14(18)7-8-19-16(11)12/h2-9H,1H3,(H2,18,19). The molecule has 0 saturated carbocycles. The number of hydrogen-bond acceptors (Lipinski definition) is 3. The number of nitrogens with two attached hydrogens (primary N) is 1. The number of nitrogens with zero attached hydrogens (tertiary/aromatic N) is 1. The Morgan fingerprint density at radius 3 is 2.75 bits per heavy atom. The molecule has 100 valence electrons. The predicted molar refractivity (Wildman–Crippen MR) is 78.1 cm³/mol. The molecule has 0 aliphatic carbocycles. The maximum Gasteiger partial charge on any atom is 0.165 e. The van der Waals surface area contributed by atoms with Crippen LogP contribution in [-0.4, -0.2) is 12.1 Å². The normalized spacial score (nSPS) is 10.7. The molecule has 4 heteroatoms. The van der Waals surface area contributed by atoms with Gasteiger partial charge in [-0.15, -0.1) is 0 Å². The number of pyridine rings is 1. The third-order valence-electron chi connectivity index (χ3n) is 3.27. The van der Waals surface area contributed by atoms with Crippen molar-refractivity contribution >= 4 is 16.6 Å². The number of ether oxygens (including phenoxy) is 1.